The predicted molar refractivity (Wildman–Crippen MR) is 84.5 cm³/mol. The van der Waals surface area contributed by atoms with Crippen LogP contribution < -0.4 is 10.9 Å². The Kier molecular flexibility index (Phi) is 4.07. The maximum absolute atomic E-state index is 13.2. The number of para-hydroxylation sites is 1. The van der Waals surface area contributed by atoms with E-state index in [2.05, 4.69) is 10.3 Å². The van der Waals surface area contributed by atoms with E-state index in [-0.39, 0.29) is 17.7 Å². The Balaban J connectivity index is 1.85. The molecule has 7 heteroatoms. The number of rotatable bonds is 3. The summed E-state index contributed by atoms with van der Waals surface area (Å²) in [4.78, 5) is 28.6. The normalized spacial score (nSPS) is 10.8. The van der Waals surface area contributed by atoms with E-state index in [9.17, 15) is 18.4 Å². The summed E-state index contributed by atoms with van der Waals surface area (Å²) < 4.78 is 27.4. The molecule has 122 valence electrons. The zero-order chi connectivity index (χ0) is 17.3. The van der Waals surface area contributed by atoms with Crippen LogP contribution in [0.4, 0.5) is 8.78 Å². The summed E-state index contributed by atoms with van der Waals surface area (Å²) in [6.07, 6.45) is 0. The maximum Gasteiger partial charge on any atom is 0.261 e. The molecule has 1 aromatic heterocycles. The lowest BCUT2D eigenvalue weighted by atomic mass is 10.2. The molecule has 0 fully saturated rings. The SMILES string of the molecule is Cn1c(CNC(=O)c2ccc(F)c(F)c2)nc2ccccc2c1=O. The van der Waals surface area contributed by atoms with E-state index < -0.39 is 17.5 Å². The number of carbonyl (C=O) groups excluding carboxylic acids is 1. The molecule has 0 aliphatic rings. The standard InChI is InChI=1S/C17H13F2N3O2/c1-22-15(21-14-5-3-2-4-11(14)17(22)24)9-20-16(23)10-6-7-12(18)13(19)8-10/h2-8H,9H2,1H3,(H,20,23). The lowest BCUT2D eigenvalue weighted by Crippen LogP contribution is -2.29. The highest BCUT2D eigenvalue weighted by molar-refractivity contribution is 5.94. The van der Waals surface area contributed by atoms with Crippen molar-refractivity contribution in [3.8, 4) is 0 Å². The summed E-state index contributed by atoms with van der Waals surface area (Å²) in [6, 6.07) is 9.77. The largest absolute Gasteiger partial charge is 0.345 e. The topological polar surface area (TPSA) is 64.0 Å². The second kappa shape index (κ2) is 6.19. The molecule has 3 aromatic rings. The summed E-state index contributed by atoms with van der Waals surface area (Å²) in [6.45, 7) is -0.0194. The quantitative estimate of drug-likeness (QED) is 0.801. The van der Waals surface area contributed by atoms with Gasteiger partial charge in [-0.1, -0.05) is 12.1 Å². The van der Waals surface area contributed by atoms with E-state index in [0.29, 0.717) is 16.7 Å². The average molecular weight is 329 g/mol. The van der Waals surface area contributed by atoms with Crippen molar-refractivity contribution in [2.24, 2.45) is 7.05 Å². The first kappa shape index (κ1) is 15.8. The molecule has 5 nitrogen and oxygen atoms in total. The molecule has 1 N–H and O–H groups in total. The summed E-state index contributed by atoms with van der Waals surface area (Å²) in [5.41, 5.74) is 0.287. The van der Waals surface area contributed by atoms with Crippen LogP contribution in [0.1, 0.15) is 16.2 Å². The summed E-state index contributed by atoms with van der Waals surface area (Å²) in [7, 11) is 1.56. The molecule has 0 unspecified atom stereocenters. The van der Waals surface area contributed by atoms with Gasteiger partial charge in [0.15, 0.2) is 11.6 Å². The molecule has 0 aliphatic carbocycles. The van der Waals surface area contributed by atoms with Gasteiger partial charge in [0.05, 0.1) is 17.4 Å². The first-order valence-corrected chi connectivity index (χ1v) is 7.15. The van der Waals surface area contributed by atoms with Crippen molar-refractivity contribution in [2.75, 3.05) is 0 Å². The molecule has 1 amide bonds. The van der Waals surface area contributed by atoms with Crippen LogP contribution in [0.5, 0.6) is 0 Å². The van der Waals surface area contributed by atoms with Crippen molar-refractivity contribution in [2.45, 2.75) is 6.54 Å². The highest BCUT2D eigenvalue weighted by atomic mass is 19.2. The monoisotopic (exact) mass is 329 g/mol. The van der Waals surface area contributed by atoms with Crippen molar-refractivity contribution >= 4 is 16.8 Å². The fourth-order valence-corrected chi connectivity index (χ4v) is 2.32. The Morgan fingerprint density at radius 2 is 1.92 bits per heavy atom. The Morgan fingerprint density at radius 3 is 2.67 bits per heavy atom. The average Bonchev–Trinajstić information content (AvgIpc) is 2.59. The molecule has 1 heterocycles. The molecule has 0 atom stereocenters. The smallest absolute Gasteiger partial charge is 0.261 e. The molecule has 2 aromatic carbocycles. The Morgan fingerprint density at radius 1 is 1.17 bits per heavy atom. The molecule has 0 bridgehead atoms. The van der Waals surface area contributed by atoms with Crippen LogP contribution in [0.15, 0.2) is 47.3 Å². The van der Waals surface area contributed by atoms with Crippen LogP contribution in [-0.2, 0) is 13.6 Å². The molecule has 24 heavy (non-hydrogen) atoms. The minimum absolute atomic E-state index is 0.0142. The number of benzene rings is 2. The van der Waals surface area contributed by atoms with Crippen LogP contribution in [0, 0.1) is 11.6 Å². The molecule has 0 saturated heterocycles. The van der Waals surface area contributed by atoms with Gasteiger partial charge in [-0.05, 0) is 30.3 Å². The van der Waals surface area contributed by atoms with Gasteiger partial charge in [0.1, 0.15) is 5.82 Å². The molecule has 3 rings (SSSR count). The van der Waals surface area contributed by atoms with E-state index >= 15 is 0 Å². The molecule has 0 radical (unpaired) electrons. The maximum atomic E-state index is 13.2. The van der Waals surface area contributed by atoms with Gasteiger partial charge in [-0.25, -0.2) is 13.8 Å². The molecule has 0 saturated carbocycles. The summed E-state index contributed by atoms with van der Waals surface area (Å²) in [5, 5.41) is 3.03. The van der Waals surface area contributed by atoms with Gasteiger partial charge in [0.25, 0.3) is 11.5 Å². The van der Waals surface area contributed by atoms with E-state index in [4.69, 9.17) is 0 Å². The third-order valence-corrected chi connectivity index (χ3v) is 3.66. The number of aromatic nitrogens is 2. The first-order valence-electron chi connectivity index (χ1n) is 7.15. The molecular weight excluding hydrogens is 316 g/mol. The lowest BCUT2D eigenvalue weighted by molar-refractivity contribution is 0.0949. The fraction of sp³-hybridized carbons (Fsp3) is 0.118. The van der Waals surface area contributed by atoms with Crippen LogP contribution in [-0.4, -0.2) is 15.5 Å². The number of amides is 1. The van der Waals surface area contributed by atoms with Gasteiger partial charge in [-0.3, -0.25) is 14.2 Å². The van der Waals surface area contributed by atoms with E-state index in [0.717, 1.165) is 12.1 Å². The molecule has 0 aliphatic heterocycles. The number of fused-ring (bicyclic) bond motifs is 1. The fourth-order valence-electron chi connectivity index (χ4n) is 2.32. The molecular formula is C17H13F2N3O2. The van der Waals surface area contributed by atoms with Gasteiger partial charge in [0, 0.05) is 12.6 Å². The zero-order valence-electron chi connectivity index (χ0n) is 12.7. The number of halogens is 2. The van der Waals surface area contributed by atoms with Gasteiger partial charge >= 0.3 is 0 Å². The Hall–Kier alpha value is -3.09. The van der Waals surface area contributed by atoms with Gasteiger partial charge < -0.3 is 5.32 Å². The van der Waals surface area contributed by atoms with Crippen LogP contribution in [0.2, 0.25) is 0 Å². The molecule has 0 spiro atoms. The summed E-state index contributed by atoms with van der Waals surface area (Å²) >= 11 is 0. The third kappa shape index (κ3) is 2.88. The van der Waals surface area contributed by atoms with Gasteiger partial charge in [0.2, 0.25) is 0 Å². The highest BCUT2D eigenvalue weighted by Crippen LogP contribution is 2.10. The van der Waals surface area contributed by atoms with Crippen molar-refractivity contribution in [3.05, 3.63) is 75.8 Å². The second-order valence-corrected chi connectivity index (χ2v) is 5.22. The number of nitrogens with zero attached hydrogens (tertiary/aromatic N) is 2. The van der Waals surface area contributed by atoms with Crippen molar-refractivity contribution < 1.29 is 13.6 Å². The van der Waals surface area contributed by atoms with Crippen LogP contribution >= 0.6 is 0 Å². The number of nitrogens with one attached hydrogen (secondary N) is 1. The van der Waals surface area contributed by atoms with E-state index in [1.54, 1.807) is 31.3 Å². The van der Waals surface area contributed by atoms with Crippen molar-refractivity contribution in [1.82, 2.24) is 14.9 Å². The summed E-state index contributed by atoms with van der Waals surface area (Å²) in [5.74, 6) is -2.35. The third-order valence-electron chi connectivity index (χ3n) is 3.66. The van der Waals surface area contributed by atoms with Crippen LogP contribution in [0.25, 0.3) is 10.9 Å². The van der Waals surface area contributed by atoms with E-state index in [1.165, 1.54) is 10.6 Å². The minimum Gasteiger partial charge on any atom is -0.345 e. The number of hydrogen-bond acceptors (Lipinski definition) is 3. The number of carbonyl (C=O) groups is 1. The first-order chi connectivity index (χ1) is 11.5. The number of hydrogen-bond donors (Lipinski definition) is 1. The van der Waals surface area contributed by atoms with Crippen LogP contribution in [0.3, 0.4) is 0 Å². The highest BCUT2D eigenvalue weighted by Gasteiger charge is 2.12. The lowest BCUT2D eigenvalue weighted by Gasteiger charge is -2.10. The Labute approximate surface area is 135 Å². The van der Waals surface area contributed by atoms with E-state index in [1.807, 2.05) is 0 Å². The Bertz CT molecular complexity index is 999. The van der Waals surface area contributed by atoms with Crippen molar-refractivity contribution in [3.63, 3.8) is 0 Å². The van der Waals surface area contributed by atoms with Gasteiger partial charge in [-0.15, -0.1) is 0 Å². The second-order valence-electron chi connectivity index (χ2n) is 5.22. The minimum atomic E-state index is -1.10. The van der Waals surface area contributed by atoms with Crippen molar-refractivity contribution in [1.29, 1.82) is 0 Å². The predicted octanol–water partition coefficient (Wildman–Crippen LogP) is 2.14. The van der Waals surface area contributed by atoms with Gasteiger partial charge in [-0.2, -0.15) is 0 Å². The zero-order valence-corrected chi connectivity index (χ0v) is 12.7.